The summed E-state index contributed by atoms with van der Waals surface area (Å²) in [5.41, 5.74) is 0. The molecular weight excluding hydrogens is 153 g/mol. The minimum absolute atomic E-state index is 0.181. The van der Waals surface area contributed by atoms with Crippen molar-refractivity contribution in [2.24, 2.45) is 5.92 Å². The van der Waals surface area contributed by atoms with Gasteiger partial charge in [-0.15, -0.1) is 0 Å². The van der Waals surface area contributed by atoms with Crippen LogP contribution in [0.5, 0.6) is 0 Å². The van der Waals surface area contributed by atoms with Gasteiger partial charge in [-0.25, -0.2) is 4.39 Å². The molecule has 2 atom stereocenters. The van der Waals surface area contributed by atoms with E-state index in [1.165, 1.54) is 19.3 Å². The van der Waals surface area contributed by atoms with Crippen LogP contribution in [0.4, 0.5) is 4.39 Å². The third-order valence-corrected chi connectivity index (χ3v) is 3.06. The Hall–Kier alpha value is -0.110. The van der Waals surface area contributed by atoms with E-state index in [1.807, 2.05) is 0 Å². The lowest BCUT2D eigenvalue weighted by Crippen LogP contribution is -2.37. The third kappa shape index (κ3) is 1.98. The van der Waals surface area contributed by atoms with Gasteiger partial charge in [0.1, 0.15) is 6.17 Å². The SMILES string of the molecule is FC(C1CC1)C1CCCCCN1. The zero-order chi connectivity index (χ0) is 8.39. The summed E-state index contributed by atoms with van der Waals surface area (Å²) in [5.74, 6) is 0.403. The van der Waals surface area contributed by atoms with Crippen molar-refractivity contribution in [3.8, 4) is 0 Å². The Morgan fingerprint density at radius 3 is 2.67 bits per heavy atom. The normalized spacial score (nSPS) is 34.2. The molecule has 2 fully saturated rings. The molecular formula is C10H18FN. The number of hydrogen-bond donors (Lipinski definition) is 1. The monoisotopic (exact) mass is 171 g/mol. The molecule has 1 aliphatic heterocycles. The number of nitrogens with one attached hydrogen (secondary N) is 1. The Morgan fingerprint density at radius 1 is 1.08 bits per heavy atom. The fraction of sp³-hybridized carbons (Fsp3) is 1.00. The van der Waals surface area contributed by atoms with Crippen LogP contribution < -0.4 is 5.32 Å². The molecule has 12 heavy (non-hydrogen) atoms. The van der Waals surface area contributed by atoms with Crippen LogP contribution >= 0.6 is 0 Å². The van der Waals surface area contributed by atoms with Crippen LogP contribution in [0, 0.1) is 5.92 Å². The van der Waals surface area contributed by atoms with Crippen molar-refractivity contribution in [3.63, 3.8) is 0 Å². The first-order valence-electron chi connectivity index (χ1n) is 5.25. The predicted octanol–water partition coefficient (Wildman–Crippen LogP) is 2.27. The molecule has 0 aromatic rings. The number of alkyl halides is 1. The van der Waals surface area contributed by atoms with Gasteiger partial charge in [0.25, 0.3) is 0 Å². The number of halogens is 1. The summed E-state index contributed by atoms with van der Waals surface area (Å²) >= 11 is 0. The van der Waals surface area contributed by atoms with Gasteiger partial charge in [-0.1, -0.05) is 12.8 Å². The molecule has 1 heterocycles. The van der Waals surface area contributed by atoms with Gasteiger partial charge in [0.15, 0.2) is 0 Å². The smallest absolute Gasteiger partial charge is 0.118 e. The van der Waals surface area contributed by atoms with Gasteiger partial charge in [-0.3, -0.25) is 0 Å². The molecule has 1 nitrogen and oxygen atoms in total. The van der Waals surface area contributed by atoms with E-state index >= 15 is 0 Å². The average molecular weight is 171 g/mol. The van der Waals surface area contributed by atoms with Gasteiger partial charge < -0.3 is 5.32 Å². The first-order valence-corrected chi connectivity index (χ1v) is 5.25. The summed E-state index contributed by atoms with van der Waals surface area (Å²) in [6.07, 6.45) is 6.47. The fourth-order valence-electron chi connectivity index (χ4n) is 2.07. The molecule has 2 rings (SSSR count). The van der Waals surface area contributed by atoms with E-state index in [4.69, 9.17) is 0 Å². The molecule has 1 saturated carbocycles. The highest BCUT2D eigenvalue weighted by atomic mass is 19.1. The van der Waals surface area contributed by atoms with E-state index in [-0.39, 0.29) is 6.04 Å². The third-order valence-electron chi connectivity index (χ3n) is 3.06. The molecule has 1 aliphatic carbocycles. The van der Waals surface area contributed by atoms with E-state index in [9.17, 15) is 4.39 Å². The van der Waals surface area contributed by atoms with Gasteiger partial charge in [-0.05, 0) is 38.1 Å². The lowest BCUT2D eigenvalue weighted by atomic mass is 10.0. The molecule has 0 amide bonds. The van der Waals surface area contributed by atoms with Gasteiger partial charge in [0, 0.05) is 6.04 Å². The quantitative estimate of drug-likeness (QED) is 0.672. The summed E-state index contributed by atoms with van der Waals surface area (Å²) in [7, 11) is 0. The second-order valence-electron chi connectivity index (χ2n) is 4.19. The summed E-state index contributed by atoms with van der Waals surface area (Å²) in [6, 6.07) is 0.181. The van der Waals surface area contributed by atoms with Crippen molar-refractivity contribution in [1.29, 1.82) is 0 Å². The van der Waals surface area contributed by atoms with E-state index in [2.05, 4.69) is 5.32 Å². The van der Waals surface area contributed by atoms with Crippen LogP contribution in [0.15, 0.2) is 0 Å². The maximum absolute atomic E-state index is 13.6. The van der Waals surface area contributed by atoms with Crippen molar-refractivity contribution < 1.29 is 4.39 Å². The van der Waals surface area contributed by atoms with Crippen molar-refractivity contribution in [2.75, 3.05) is 6.54 Å². The van der Waals surface area contributed by atoms with Gasteiger partial charge in [0.05, 0.1) is 0 Å². The summed E-state index contributed by atoms with van der Waals surface area (Å²) in [6.45, 7) is 1.03. The summed E-state index contributed by atoms with van der Waals surface area (Å²) in [5, 5.41) is 3.33. The van der Waals surface area contributed by atoms with E-state index in [0.717, 1.165) is 25.8 Å². The van der Waals surface area contributed by atoms with Gasteiger partial charge >= 0.3 is 0 Å². The first-order chi connectivity index (χ1) is 5.88. The van der Waals surface area contributed by atoms with E-state index in [1.54, 1.807) is 0 Å². The lowest BCUT2D eigenvalue weighted by molar-refractivity contribution is 0.216. The summed E-state index contributed by atoms with van der Waals surface area (Å²) in [4.78, 5) is 0. The molecule has 0 aromatic heterocycles. The maximum Gasteiger partial charge on any atom is 0.118 e. The Labute approximate surface area is 73.7 Å². The molecule has 70 valence electrons. The van der Waals surface area contributed by atoms with Crippen LogP contribution in [-0.4, -0.2) is 18.8 Å². The molecule has 0 bridgehead atoms. The minimum Gasteiger partial charge on any atom is -0.311 e. The van der Waals surface area contributed by atoms with Crippen LogP contribution in [0.25, 0.3) is 0 Å². The molecule has 0 radical (unpaired) electrons. The Bertz CT molecular complexity index is 137. The summed E-state index contributed by atoms with van der Waals surface area (Å²) < 4.78 is 13.6. The Balaban J connectivity index is 1.82. The Kier molecular flexibility index (Phi) is 2.64. The molecule has 1 saturated heterocycles. The molecule has 2 unspecified atom stereocenters. The predicted molar refractivity (Wildman–Crippen MR) is 47.9 cm³/mol. The number of hydrogen-bond acceptors (Lipinski definition) is 1. The topological polar surface area (TPSA) is 12.0 Å². The van der Waals surface area contributed by atoms with Crippen molar-refractivity contribution >= 4 is 0 Å². The van der Waals surface area contributed by atoms with Crippen molar-refractivity contribution in [2.45, 2.75) is 50.7 Å². The van der Waals surface area contributed by atoms with E-state index in [0.29, 0.717) is 5.92 Å². The van der Waals surface area contributed by atoms with Crippen molar-refractivity contribution in [1.82, 2.24) is 5.32 Å². The minimum atomic E-state index is -0.553. The highest BCUT2D eigenvalue weighted by Gasteiger charge is 2.36. The molecule has 1 N–H and O–H groups in total. The van der Waals surface area contributed by atoms with Gasteiger partial charge in [-0.2, -0.15) is 0 Å². The van der Waals surface area contributed by atoms with Gasteiger partial charge in [0.2, 0.25) is 0 Å². The largest absolute Gasteiger partial charge is 0.311 e. The molecule has 2 heteroatoms. The Morgan fingerprint density at radius 2 is 1.92 bits per heavy atom. The zero-order valence-corrected chi connectivity index (χ0v) is 7.56. The van der Waals surface area contributed by atoms with E-state index < -0.39 is 6.17 Å². The second kappa shape index (κ2) is 3.73. The first kappa shape index (κ1) is 8.49. The standard InChI is InChI=1S/C10H18FN/c11-10(8-5-6-8)9-4-2-1-3-7-12-9/h8-10,12H,1-7H2. The highest BCUT2D eigenvalue weighted by Crippen LogP contribution is 2.37. The van der Waals surface area contributed by atoms with Crippen LogP contribution in [0.3, 0.4) is 0 Å². The van der Waals surface area contributed by atoms with Crippen LogP contribution in [-0.2, 0) is 0 Å². The molecule has 2 aliphatic rings. The van der Waals surface area contributed by atoms with Crippen molar-refractivity contribution in [3.05, 3.63) is 0 Å². The highest BCUT2D eigenvalue weighted by molar-refractivity contribution is 4.90. The maximum atomic E-state index is 13.6. The molecule has 0 aromatic carbocycles. The van der Waals surface area contributed by atoms with Crippen LogP contribution in [0.1, 0.15) is 38.5 Å². The second-order valence-corrected chi connectivity index (χ2v) is 4.19. The number of rotatable bonds is 2. The van der Waals surface area contributed by atoms with Crippen LogP contribution in [0.2, 0.25) is 0 Å². The average Bonchev–Trinajstić information content (AvgIpc) is 2.92. The lowest BCUT2D eigenvalue weighted by Gasteiger charge is -2.19. The fourth-order valence-corrected chi connectivity index (χ4v) is 2.07. The molecule has 0 spiro atoms. The zero-order valence-electron chi connectivity index (χ0n) is 7.56.